The first-order valence-corrected chi connectivity index (χ1v) is 6.59. The molecule has 2 aromatic carbocycles. The summed E-state index contributed by atoms with van der Waals surface area (Å²) in [5.74, 6) is -0.0330. The molecule has 5 nitrogen and oxygen atoms in total. The summed E-state index contributed by atoms with van der Waals surface area (Å²) in [7, 11) is 0. The molecule has 23 heavy (non-hydrogen) atoms. The second-order valence-electron chi connectivity index (χ2n) is 4.43. The molecule has 0 radical (unpaired) electrons. The van der Waals surface area contributed by atoms with Crippen LogP contribution in [0.15, 0.2) is 48.5 Å². The van der Waals surface area contributed by atoms with Crippen LogP contribution in [0.1, 0.15) is 10.4 Å². The van der Waals surface area contributed by atoms with Gasteiger partial charge in [-0.15, -0.1) is 0 Å². The third kappa shape index (κ3) is 5.39. The normalized spacial score (nSPS) is 10.2. The first-order valence-electron chi connectivity index (χ1n) is 6.59. The molecule has 0 unspecified atom stereocenters. The van der Waals surface area contributed by atoms with E-state index in [2.05, 4.69) is 10.1 Å². The minimum Gasteiger partial charge on any atom is -0.484 e. The van der Waals surface area contributed by atoms with Crippen LogP contribution in [-0.2, 0) is 4.79 Å². The van der Waals surface area contributed by atoms with Gasteiger partial charge in [0.25, 0.3) is 5.91 Å². The number of anilines is 1. The summed E-state index contributed by atoms with van der Waals surface area (Å²) in [6, 6.07) is 11.9. The van der Waals surface area contributed by atoms with Crippen molar-refractivity contribution in [1.29, 1.82) is 0 Å². The zero-order valence-electron chi connectivity index (χ0n) is 11.9. The smallest absolute Gasteiger partial charge is 0.387 e. The van der Waals surface area contributed by atoms with Crippen LogP contribution < -0.4 is 14.8 Å². The number of alkyl halides is 2. The number of amides is 1. The molecule has 0 saturated carbocycles. The van der Waals surface area contributed by atoms with Crippen LogP contribution in [0.5, 0.6) is 11.5 Å². The maximum Gasteiger partial charge on any atom is 0.387 e. The van der Waals surface area contributed by atoms with Crippen LogP contribution in [0, 0.1) is 0 Å². The molecular weight excluding hydrogens is 308 g/mol. The molecule has 1 amide bonds. The van der Waals surface area contributed by atoms with Gasteiger partial charge < -0.3 is 14.8 Å². The van der Waals surface area contributed by atoms with E-state index in [-0.39, 0.29) is 12.4 Å². The highest BCUT2D eigenvalue weighted by Gasteiger charge is 2.06. The summed E-state index contributed by atoms with van der Waals surface area (Å²) in [5.41, 5.74) is 0.861. The average Bonchev–Trinajstić information content (AvgIpc) is 2.54. The molecule has 1 N–H and O–H groups in total. The van der Waals surface area contributed by atoms with Gasteiger partial charge in [0, 0.05) is 11.3 Å². The first kappa shape index (κ1) is 16.4. The van der Waals surface area contributed by atoms with Crippen LogP contribution in [0.4, 0.5) is 14.5 Å². The van der Waals surface area contributed by atoms with Crippen molar-refractivity contribution in [3.8, 4) is 11.5 Å². The minimum absolute atomic E-state index is 0.0000677. The molecule has 7 heteroatoms. The van der Waals surface area contributed by atoms with E-state index in [0.29, 0.717) is 23.3 Å². The fourth-order valence-electron chi connectivity index (χ4n) is 1.74. The van der Waals surface area contributed by atoms with Gasteiger partial charge in [-0.05, 0) is 36.4 Å². The molecule has 0 heterocycles. The third-order valence-electron chi connectivity index (χ3n) is 2.73. The second-order valence-corrected chi connectivity index (χ2v) is 4.43. The minimum atomic E-state index is -2.90. The van der Waals surface area contributed by atoms with Crippen molar-refractivity contribution in [1.82, 2.24) is 0 Å². The fourth-order valence-corrected chi connectivity index (χ4v) is 1.74. The molecule has 2 rings (SSSR count). The molecule has 120 valence electrons. The van der Waals surface area contributed by atoms with Crippen molar-refractivity contribution in [2.75, 3.05) is 11.9 Å². The van der Waals surface area contributed by atoms with Gasteiger partial charge in [-0.3, -0.25) is 9.59 Å². The maximum absolute atomic E-state index is 12.0. The predicted octanol–water partition coefficient (Wildman–Crippen LogP) is 3.12. The molecule has 0 aliphatic carbocycles. The number of halogens is 2. The number of carbonyl (C=O) groups is 2. The van der Waals surface area contributed by atoms with E-state index in [1.807, 2.05) is 0 Å². The zero-order chi connectivity index (χ0) is 16.7. The summed E-state index contributed by atoms with van der Waals surface area (Å²) in [5, 5.41) is 2.54. The lowest BCUT2D eigenvalue weighted by Crippen LogP contribution is -2.20. The van der Waals surface area contributed by atoms with Crippen LogP contribution in [0.25, 0.3) is 0 Å². The van der Waals surface area contributed by atoms with Crippen LogP contribution in [-0.4, -0.2) is 25.4 Å². The topological polar surface area (TPSA) is 64.6 Å². The third-order valence-corrected chi connectivity index (χ3v) is 2.73. The maximum atomic E-state index is 12.0. The van der Waals surface area contributed by atoms with Crippen molar-refractivity contribution >= 4 is 17.9 Å². The largest absolute Gasteiger partial charge is 0.484 e. The highest BCUT2D eigenvalue weighted by atomic mass is 19.3. The number of benzene rings is 2. The van der Waals surface area contributed by atoms with Gasteiger partial charge in [-0.1, -0.05) is 12.1 Å². The Labute approximate surface area is 130 Å². The van der Waals surface area contributed by atoms with Gasteiger partial charge in [0.1, 0.15) is 17.8 Å². The van der Waals surface area contributed by atoms with E-state index in [4.69, 9.17) is 4.74 Å². The van der Waals surface area contributed by atoms with E-state index in [1.165, 1.54) is 30.3 Å². The van der Waals surface area contributed by atoms with Crippen molar-refractivity contribution < 1.29 is 27.8 Å². The Hall–Kier alpha value is -2.96. The Morgan fingerprint density at radius 1 is 1.13 bits per heavy atom. The highest BCUT2D eigenvalue weighted by Crippen LogP contribution is 2.18. The standard InChI is InChI=1S/C16H13F2NO4/c17-16(18)23-13-6-4-12(5-7-13)19-15(21)10-22-14-3-1-2-11(8-14)9-20/h1-9,16H,10H2,(H,19,21). The number of hydrogen-bond acceptors (Lipinski definition) is 4. The molecule has 0 aromatic heterocycles. The van der Waals surface area contributed by atoms with Crippen LogP contribution in [0.3, 0.4) is 0 Å². The predicted molar refractivity (Wildman–Crippen MR) is 79.0 cm³/mol. The number of ether oxygens (including phenoxy) is 2. The van der Waals surface area contributed by atoms with Gasteiger partial charge in [0.2, 0.25) is 0 Å². The lowest BCUT2D eigenvalue weighted by molar-refractivity contribution is -0.118. The van der Waals surface area contributed by atoms with Gasteiger partial charge in [-0.25, -0.2) is 0 Å². The number of nitrogens with one attached hydrogen (secondary N) is 1. The Balaban J connectivity index is 1.85. The summed E-state index contributed by atoms with van der Waals surface area (Å²) in [4.78, 5) is 22.4. The summed E-state index contributed by atoms with van der Waals surface area (Å²) in [6.07, 6.45) is 0.677. The summed E-state index contributed by atoms with van der Waals surface area (Å²) >= 11 is 0. The molecule has 0 spiro atoms. The molecule has 0 saturated heterocycles. The molecule has 0 aliphatic heterocycles. The quantitative estimate of drug-likeness (QED) is 0.796. The Morgan fingerprint density at radius 3 is 2.52 bits per heavy atom. The van der Waals surface area contributed by atoms with Crippen molar-refractivity contribution in [2.24, 2.45) is 0 Å². The van der Waals surface area contributed by atoms with Crippen molar-refractivity contribution in [3.63, 3.8) is 0 Å². The van der Waals surface area contributed by atoms with Crippen LogP contribution >= 0.6 is 0 Å². The number of hydrogen-bond donors (Lipinski definition) is 1. The molecule has 2 aromatic rings. The number of aldehydes is 1. The highest BCUT2D eigenvalue weighted by molar-refractivity contribution is 5.91. The summed E-state index contributed by atoms with van der Waals surface area (Å²) < 4.78 is 33.5. The molecule has 0 fully saturated rings. The summed E-state index contributed by atoms with van der Waals surface area (Å²) in [6.45, 7) is -3.15. The molecule has 0 bridgehead atoms. The monoisotopic (exact) mass is 321 g/mol. The SMILES string of the molecule is O=Cc1cccc(OCC(=O)Nc2ccc(OC(F)F)cc2)c1. The Morgan fingerprint density at radius 2 is 1.87 bits per heavy atom. The van der Waals surface area contributed by atoms with E-state index in [9.17, 15) is 18.4 Å². The Bertz CT molecular complexity index is 674. The lowest BCUT2D eigenvalue weighted by atomic mass is 10.2. The second kappa shape index (κ2) is 7.88. The van der Waals surface area contributed by atoms with Gasteiger partial charge in [-0.2, -0.15) is 8.78 Å². The van der Waals surface area contributed by atoms with Crippen molar-refractivity contribution in [2.45, 2.75) is 6.61 Å². The van der Waals surface area contributed by atoms with E-state index < -0.39 is 12.5 Å². The molecule has 0 atom stereocenters. The van der Waals surface area contributed by atoms with E-state index >= 15 is 0 Å². The average molecular weight is 321 g/mol. The fraction of sp³-hybridized carbons (Fsp3) is 0.125. The van der Waals surface area contributed by atoms with E-state index in [0.717, 1.165) is 0 Å². The van der Waals surface area contributed by atoms with Gasteiger partial charge in [0.15, 0.2) is 6.61 Å². The Kier molecular flexibility index (Phi) is 5.62. The van der Waals surface area contributed by atoms with E-state index in [1.54, 1.807) is 18.2 Å². The number of rotatable bonds is 7. The zero-order valence-corrected chi connectivity index (χ0v) is 11.9. The number of carbonyl (C=O) groups excluding carboxylic acids is 2. The first-order chi connectivity index (χ1) is 11.1. The van der Waals surface area contributed by atoms with Crippen LogP contribution in [0.2, 0.25) is 0 Å². The molecular formula is C16H13F2NO4. The van der Waals surface area contributed by atoms with Gasteiger partial charge in [0.05, 0.1) is 0 Å². The molecule has 0 aliphatic rings. The van der Waals surface area contributed by atoms with Gasteiger partial charge >= 0.3 is 6.61 Å². The van der Waals surface area contributed by atoms with Crippen molar-refractivity contribution in [3.05, 3.63) is 54.1 Å². The lowest BCUT2D eigenvalue weighted by Gasteiger charge is -2.09.